The van der Waals surface area contributed by atoms with E-state index in [1.54, 1.807) is 38.3 Å². The number of hydrogen-bond acceptors (Lipinski definition) is 8. The number of amides is 4. The molecule has 54 heavy (non-hydrogen) atoms. The van der Waals surface area contributed by atoms with Crippen LogP contribution in [-0.2, 0) is 35.1 Å². The van der Waals surface area contributed by atoms with Gasteiger partial charge < -0.3 is 29.9 Å². The van der Waals surface area contributed by atoms with Crippen molar-refractivity contribution in [1.82, 2.24) is 25.3 Å². The third-order valence-corrected chi connectivity index (χ3v) is 11.0. The maximum absolute atomic E-state index is 14.2. The van der Waals surface area contributed by atoms with E-state index in [4.69, 9.17) is 9.47 Å². The third kappa shape index (κ3) is 12.9. The fourth-order valence-corrected chi connectivity index (χ4v) is 7.81. The third-order valence-electron chi connectivity index (χ3n) is 11.0. The molecule has 0 unspecified atom stereocenters. The summed E-state index contributed by atoms with van der Waals surface area (Å²) in [7, 11) is 8.61. The summed E-state index contributed by atoms with van der Waals surface area (Å²) in [6.07, 6.45) is 1.79. The van der Waals surface area contributed by atoms with Crippen LogP contribution in [0.2, 0.25) is 0 Å². The summed E-state index contributed by atoms with van der Waals surface area (Å²) in [6.45, 7) is 16.2. The molecule has 0 bridgehead atoms. The van der Waals surface area contributed by atoms with Gasteiger partial charge in [0, 0.05) is 39.9 Å². The SMILES string of the molecule is C.CC[C@H](C)[C@@H]([C@@H](CC(=O)N1CCC[C@H]1[C@H](OC)[C@@H](C)C(=O)NCCc1ccc(C(C)=O)cc1)OC)N(C)C(=O)[C@@H](NC(=O)[C@H](C(C)C)N(C)C)C(C)C. The predicted molar refractivity (Wildman–Crippen MR) is 215 cm³/mol. The molecule has 0 aliphatic carbocycles. The molecule has 0 saturated carbocycles. The Kier molecular flexibility index (Phi) is 20.6. The molecule has 0 spiro atoms. The highest BCUT2D eigenvalue weighted by Gasteiger charge is 2.43. The first-order valence-corrected chi connectivity index (χ1v) is 19.4. The Labute approximate surface area is 326 Å². The Balaban J connectivity index is 0.0000146. The number of rotatable bonds is 21. The summed E-state index contributed by atoms with van der Waals surface area (Å²) in [4.78, 5) is 72.0. The number of likely N-dealkylation sites (tertiary alicyclic amines) is 1. The molecule has 1 fully saturated rings. The van der Waals surface area contributed by atoms with Crippen molar-refractivity contribution in [2.75, 3.05) is 48.5 Å². The summed E-state index contributed by atoms with van der Waals surface area (Å²) >= 11 is 0. The summed E-state index contributed by atoms with van der Waals surface area (Å²) in [6, 6.07) is 5.51. The van der Waals surface area contributed by atoms with Gasteiger partial charge in [0.2, 0.25) is 23.6 Å². The van der Waals surface area contributed by atoms with Crippen molar-refractivity contribution in [3.63, 3.8) is 0 Å². The molecule has 1 aliphatic heterocycles. The maximum Gasteiger partial charge on any atom is 0.245 e. The zero-order valence-corrected chi connectivity index (χ0v) is 34.7. The number of carbonyl (C=O) groups is 5. The number of likely N-dealkylation sites (N-methyl/N-ethyl adjacent to an activating group) is 2. The first-order valence-electron chi connectivity index (χ1n) is 19.4. The number of carbonyl (C=O) groups excluding carboxylic acids is 5. The fraction of sp³-hybridized carbons (Fsp3) is 0.738. The maximum atomic E-state index is 14.2. The lowest BCUT2D eigenvalue weighted by atomic mass is 9.89. The zero-order chi connectivity index (χ0) is 40.2. The summed E-state index contributed by atoms with van der Waals surface area (Å²) in [5, 5.41) is 6.06. The lowest BCUT2D eigenvalue weighted by molar-refractivity contribution is -0.148. The number of nitrogens with one attached hydrogen (secondary N) is 2. The minimum atomic E-state index is -0.751. The van der Waals surface area contributed by atoms with Gasteiger partial charge in [-0.25, -0.2) is 0 Å². The Morgan fingerprint density at radius 3 is 2.00 bits per heavy atom. The number of ether oxygens (including phenoxy) is 2. The Morgan fingerprint density at radius 2 is 1.52 bits per heavy atom. The number of methoxy groups -OCH3 is 2. The molecule has 308 valence electrons. The van der Waals surface area contributed by atoms with E-state index in [0.717, 1.165) is 18.4 Å². The Bertz CT molecular complexity index is 1340. The number of Topliss-reactive ketones (excluding diaryl/α,β-unsaturated/α-hetero) is 1. The second-order valence-corrected chi connectivity index (χ2v) is 15.8. The zero-order valence-electron chi connectivity index (χ0n) is 34.7. The first-order chi connectivity index (χ1) is 24.9. The van der Waals surface area contributed by atoms with E-state index >= 15 is 0 Å². The van der Waals surface area contributed by atoms with E-state index in [0.29, 0.717) is 31.5 Å². The lowest BCUT2D eigenvalue weighted by Crippen LogP contribution is -2.59. The number of hydrogen-bond donors (Lipinski definition) is 2. The van der Waals surface area contributed by atoms with Crippen LogP contribution < -0.4 is 10.6 Å². The van der Waals surface area contributed by atoms with Crippen LogP contribution >= 0.6 is 0 Å². The van der Waals surface area contributed by atoms with Crippen LogP contribution in [0.25, 0.3) is 0 Å². The van der Waals surface area contributed by atoms with Crippen LogP contribution in [0.15, 0.2) is 24.3 Å². The van der Waals surface area contributed by atoms with Crippen LogP contribution in [0.4, 0.5) is 0 Å². The van der Waals surface area contributed by atoms with Gasteiger partial charge in [0.1, 0.15) is 6.04 Å². The number of nitrogens with zero attached hydrogens (tertiary/aromatic N) is 3. The average Bonchev–Trinajstić information content (AvgIpc) is 3.59. The van der Waals surface area contributed by atoms with Crippen molar-refractivity contribution in [1.29, 1.82) is 0 Å². The smallest absolute Gasteiger partial charge is 0.245 e. The van der Waals surface area contributed by atoms with Gasteiger partial charge in [0.25, 0.3) is 0 Å². The van der Waals surface area contributed by atoms with Crippen molar-refractivity contribution in [2.45, 2.75) is 131 Å². The predicted octanol–water partition coefficient (Wildman–Crippen LogP) is 4.83. The standard InChI is InChI=1S/C41H69N5O7.CH4/c1-14-27(6)37(45(11)41(51)35(25(2)3)43-40(50)36(26(4)5)44(9)10)33(52-12)24-34(48)46-23-15-16-32(46)38(53-13)28(7)39(49)42-22-21-30-17-19-31(20-18-30)29(8)47;/h17-20,25-28,32-33,35-38H,14-16,21-24H2,1-13H3,(H,42,49)(H,43,50);1H4/t27-,28+,32-,33+,35-,36-,37-,38+;/m0./s1. The molecule has 2 N–H and O–H groups in total. The fourth-order valence-electron chi connectivity index (χ4n) is 7.81. The lowest BCUT2D eigenvalue weighted by Gasteiger charge is -2.41. The first kappa shape index (κ1) is 48.7. The Morgan fingerprint density at radius 1 is 0.907 bits per heavy atom. The highest BCUT2D eigenvalue weighted by molar-refractivity contribution is 5.94. The van der Waals surface area contributed by atoms with Crippen LogP contribution in [-0.4, -0.2) is 129 Å². The molecule has 0 radical (unpaired) electrons. The molecule has 0 aromatic heterocycles. The van der Waals surface area contributed by atoms with Gasteiger partial charge in [0.15, 0.2) is 5.78 Å². The number of ketones is 1. The summed E-state index contributed by atoms with van der Waals surface area (Å²) in [5.74, 6) is -1.31. The topological polar surface area (TPSA) is 138 Å². The second kappa shape index (κ2) is 22.9. The van der Waals surface area contributed by atoms with Crippen molar-refractivity contribution in [3.05, 3.63) is 35.4 Å². The van der Waals surface area contributed by atoms with Gasteiger partial charge in [-0.3, -0.25) is 28.9 Å². The molecule has 8 atom stereocenters. The minimum Gasteiger partial charge on any atom is -0.379 e. The van der Waals surface area contributed by atoms with Crippen LogP contribution in [0, 0.1) is 23.7 Å². The molecule has 4 amide bonds. The van der Waals surface area contributed by atoms with Crippen molar-refractivity contribution >= 4 is 29.4 Å². The highest BCUT2D eigenvalue weighted by Crippen LogP contribution is 2.29. The van der Waals surface area contributed by atoms with Gasteiger partial charge >= 0.3 is 0 Å². The highest BCUT2D eigenvalue weighted by atomic mass is 16.5. The monoisotopic (exact) mass is 760 g/mol. The van der Waals surface area contributed by atoms with E-state index in [-0.39, 0.29) is 73.1 Å². The van der Waals surface area contributed by atoms with Gasteiger partial charge in [-0.05, 0) is 63.6 Å². The van der Waals surface area contributed by atoms with Gasteiger partial charge in [-0.2, -0.15) is 0 Å². The van der Waals surface area contributed by atoms with E-state index in [9.17, 15) is 24.0 Å². The molecule has 1 aromatic carbocycles. The van der Waals surface area contributed by atoms with Gasteiger partial charge in [-0.15, -0.1) is 0 Å². The van der Waals surface area contributed by atoms with Crippen molar-refractivity contribution in [3.8, 4) is 0 Å². The molecule has 1 aliphatic rings. The average molecular weight is 760 g/mol. The van der Waals surface area contributed by atoms with Crippen molar-refractivity contribution < 1.29 is 33.4 Å². The van der Waals surface area contributed by atoms with Crippen molar-refractivity contribution in [2.24, 2.45) is 23.7 Å². The van der Waals surface area contributed by atoms with E-state index in [2.05, 4.69) is 17.6 Å². The normalized spacial score (nSPS) is 18.3. The largest absolute Gasteiger partial charge is 0.379 e. The number of benzene rings is 1. The van der Waals surface area contributed by atoms with Crippen LogP contribution in [0.5, 0.6) is 0 Å². The second-order valence-electron chi connectivity index (χ2n) is 15.8. The summed E-state index contributed by atoms with van der Waals surface area (Å²) in [5.41, 5.74) is 1.67. The molecular weight excluding hydrogens is 686 g/mol. The quantitative estimate of drug-likeness (QED) is 0.170. The van der Waals surface area contributed by atoms with Crippen LogP contribution in [0.1, 0.15) is 104 Å². The van der Waals surface area contributed by atoms with E-state index in [1.807, 2.05) is 77.6 Å². The van der Waals surface area contributed by atoms with Crippen LogP contribution in [0.3, 0.4) is 0 Å². The molecule has 12 heteroatoms. The molecule has 1 heterocycles. The minimum absolute atomic E-state index is 0. The summed E-state index contributed by atoms with van der Waals surface area (Å²) < 4.78 is 11.9. The molecule has 1 saturated heterocycles. The van der Waals surface area contributed by atoms with E-state index in [1.165, 1.54) is 6.92 Å². The molecule has 12 nitrogen and oxygen atoms in total. The van der Waals surface area contributed by atoms with Gasteiger partial charge in [0.05, 0.1) is 42.7 Å². The molecule has 1 aromatic rings. The molecule has 2 rings (SSSR count). The Hall–Kier alpha value is -3.35. The molecular formula is C42H73N5O7. The van der Waals surface area contributed by atoms with E-state index < -0.39 is 30.2 Å². The van der Waals surface area contributed by atoms with Gasteiger partial charge in [-0.1, -0.05) is 86.6 Å².